The normalized spacial score (nSPS) is 11.0. The van der Waals surface area contributed by atoms with Crippen LogP contribution in [0.4, 0.5) is 8.78 Å². The van der Waals surface area contributed by atoms with Gasteiger partial charge in [-0.25, -0.2) is 0 Å². The van der Waals surface area contributed by atoms with E-state index in [0.29, 0.717) is 0 Å². The highest BCUT2D eigenvalue weighted by molar-refractivity contribution is 5.83. The largest absolute Gasteiger partial charge is 0.481 e. The Kier molecular flexibility index (Phi) is 4.30. The van der Waals surface area contributed by atoms with E-state index in [4.69, 9.17) is 5.11 Å². The van der Waals surface area contributed by atoms with Crippen molar-refractivity contribution in [3.05, 3.63) is 0 Å². The molecule has 0 saturated heterocycles. The van der Waals surface area contributed by atoms with E-state index in [9.17, 15) is 18.4 Å². The summed E-state index contributed by atoms with van der Waals surface area (Å²) in [5, 5.41) is 9.98. The molecule has 0 heterocycles. The fourth-order valence-electron chi connectivity index (χ4n) is 0.573. The predicted molar refractivity (Wildman–Crippen MR) is 40.5 cm³/mol. The number of halogens is 2. The molecule has 0 rings (SSSR count). The predicted octanol–water partition coefficient (Wildman–Crippen LogP) is 0.623. The van der Waals surface area contributed by atoms with Crippen LogP contribution in [0.15, 0.2) is 0 Å². The zero-order valence-electron chi connectivity index (χ0n) is 7.14. The summed E-state index contributed by atoms with van der Waals surface area (Å²) in [5.41, 5.74) is 0. The third-order valence-electron chi connectivity index (χ3n) is 1.40. The summed E-state index contributed by atoms with van der Waals surface area (Å²) < 4.78 is 25.0. The molecule has 0 aliphatic carbocycles. The van der Waals surface area contributed by atoms with Gasteiger partial charge in [0.05, 0.1) is 6.42 Å². The van der Waals surface area contributed by atoms with Crippen LogP contribution in [0, 0.1) is 0 Å². The molecule has 0 atom stereocenters. The molecule has 0 aliphatic rings. The van der Waals surface area contributed by atoms with Crippen LogP contribution in [0.1, 0.15) is 19.8 Å². The minimum atomic E-state index is -3.40. The van der Waals surface area contributed by atoms with Crippen LogP contribution in [-0.4, -0.2) is 29.5 Å². The van der Waals surface area contributed by atoms with Crippen molar-refractivity contribution in [2.45, 2.75) is 25.7 Å². The highest BCUT2D eigenvalue weighted by atomic mass is 19.3. The van der Waals surface area contributed by atoms with E-state index >= 15 is 0 Å². The van der Waals surface area contributed by atoms with Gasteiger partial charge in [-0.1, -0.05) is 6.92 Å². The second-order valence-corrected chi connectivity index (χ2v) is 2.46. The lowest BCUT2D eigenvalue weighted by Crippen LogP contribution is -2.40. The first-order chi connectivity index (χ1) is 5.90. The summed E-state index contributed by atoms with van der Waals surface area (Å²) in [5.74, 6) is -5.96. The standard InChI is InChI=1S/C7H11F2NO3/c1-2-7(8,9)6(13)10-4-3-5(11)12/h2-4H2,1H3,(H,10,13)(H,11,12). The average Bonchev–Trinajstić information content (AvgIpc) is 2.03. The van der Waals surface area contributed by atoms with Gasteiger partial charge in [-0.2, -0.15) is 8.78 Å². The van der Waals surface area contributed by atoms with Gasteiger partial charge in [0.2, 0.25) is 0 Å². The number of carbonyl (C=O) groups is 2. The summed E-state index contributed by atoms with van der Waals surface area (Å²) in [6.07, 6.45) is -0.947. The van der Waals surface area contributed by atoms with Gasteiger partial charge in [0.25, 0.3) is 5.91 Å². The molecule has 4 nitrogen and oxygen atoms in total. The van der Waals surface area contributed by atoms with E-state index < -0.39 is 24.2 Å². The van der Waals surface area contributed by atoms with Crippen molar-refractivity contribution in [2.24, 2.45) is 0 Å². The van der Waals surface area contributed by atoms with Crippen molar-refractivity contribution in [3.63, 3.8) is 0 Å². The van der Waals surface area contributed by atoms with Crippen LogP contribution >= 0.6 is 0 Å². The molecule has 13 heavy (non-hydrogen) atoms. The molecule has 0 radical (unpaired) electrons. The molecular formula is C7H11F2NO3. The monoisotopic (exact) mass is 195 g/mol. The van der Waals surface area contributed by atoms with Gasteiger partial charge in [-0.3, -0.25) is 9.59 Å². The van der Waals surface area contributed by atoms with Gasteiger partial charge in [0.15, 0.2) is 0 Å². The van der Waals surface area contributed by atoms with E-state index in [0.717, 1.165) is 0 Å². The Labute approximate surface area is 73.9 Å². The van der Waals surface area contributed by atoms with Crippen molar-refractivity contribution in [2.75, 3.05) is 6.54 Å². The molecule has 0 aromatic heterocycles. The first-order valence-electron chi connectivity index (χ1n) is 3.78. The second kappa shape index (κ2) is 4.74. The number of alkyl halides is 2. The number of carboxylic acid groups (broad SMARTS) is 1. The number of carbonyl (C=O) groups excluding carboxylic acids is 1. The van der Waals surface area contributed by atoms with E-state index in [2.05, 4.69) is 0 Å². The highest BCUT2D eigenvalue weighted by Crippen LogP contribution is 2.17. The Morgan fingerprint density at radius 2 is 2.00 bits per heavy atom. The Hall–Kier alpha value is -1.20. The molecule has 76 valence electrons. The van der Waals surface area contributed by atoms with E-state index in [1.807, 2.05) is 5.32 Å². The number of aliphatic carboxylic acids is 1. The Morgan fingerprint density at radius 3 is 2.38 bits per heavy atom. The fourth-order valence-corrected chi connectivity index (χ4v) is 0.573. The summed E-state index contributed by atoms with van der Waals surface area (Å²) in [6, 6.07) is 0. The summed E-state index contributed by atoms with van der Waals surface area (Å²) >= 11 is 0. The van der Waals surface area contributed by atoms with Crippen molar-refractivity contribution < 1.29 is 23.5 Å². The van der Waals surface area contributed by atoms with Gasteiger partial charge < -0.3 is 10.4 Å². The second-order valence-electron chi connectivity index (χ2n) is 2.46. The maximum atomic E-state index is 12.5. The zero-order valence-corrected chi connectivity index (χ0v) is 7.14. The molecule has 0 bridgehead atoms. The first-order valence-corrected chi connectivity index (χ1v) is 3.78. The summed E-state index contributed by atoms with van der Waals surface area (Å²) in [6.45, 7) is 0.903. The molecule has 2 N–H and O–H groups in total. The van der Waals surface area contributed by atoms with Crippen LogP contribution in [-0.2, 0) is 9.59 Å². The number of nitrogens with one attached hydrogen (secondary N) is 1. The van der Waals surface area contributed by atoms with Gasteiger partial charge in [0.1, 0.15) is 0 Å². The third kappa shape index (κ3) is 4.39. The number of amides is 1. The van der Waals surface area contributed by atoms with Crippen LogP contribution < -0.4 is 5.32 Å². The van der Waals surface area contributed by atoms with Crippen molar-refractivity contribution in [3.8, 4) is 0 Å². The quantitative estimate of drug-likeness (QED) is 0.675. The third-order valence-corrected chi connectivity index (χ3v) is 1.40. The number of carboxylic acids is 1. The number of hydrogen-bond donors (Lipinski definition) is 2. The fraction of sp³-hybridized carbons (Fsp3) is 0.714. The van der Waals surface area contributed by atoms with Crippen LogP contribution in [0.5, 0.6) is 0 Å². The van der Waals surface area contributed by atoms with Gasteiger partial charge >= 0.3 is 11.9 Å². The smallest absolute Gasteiger partial charge is 0.324 e. The SMILES string of the molecule is CCC(F)(F)C(=O)NCCC(=O)O. The van der Waals surface area contributed by atoms with Crippen molar-refractivity contribution >= 4 is 11.9 Å². The van der Waals surface area contributed by atoms with E-state index in [1.54, 1.807) is 0 Å². The minimum absolute atomic E-state index is 0.274. The zero-order chi connectivity index (χ0) is 10.5. The number of rotatable bonds is 5. The van der Waals surface area contributed by atoms with Crippen molar-refractivity contribution in [1.82, 2.24) is 5.32 Å². The maximum absolute atomic E-state index is 12.5. The average molecular weight is 195 g/mol. The molecule has 0 aromatic rings. The van der Waals surface area contributed by atoms with Crippen LogP contribution in [0.3, 0.4) is 0 Å². The summed E-state index contributed by atoms with van der Waals surface area (Å²) in [4.78, 5) is 20.6. The Morgan fingerprint density at radius 1 is 1.46 bits per heavy atom. The van der Waals surface area contributed by atoms with Crippen LogP contribution in [0.25, 0.3) is 0 Å². The van der Waals surface area contributed by atoms with Gasteiger partial charge in [0, 0.05) is 13.0 Å². The van der Waals surface area contributed by atoms with Crippen LogP contribution in [0.2, 0.25) is 0 Å². The highest BCUT2D eigenvalue weighted by Gasteiger charge is 2.35. The molecule has 0 aliphatic heterocycles. The lowest BCUT2D eigenvalue weighted by molar-refractivity contribution is -0.146. The van der Waals surface area contributed by atoms with E-state index in [-0.39, 0.29) is 13.0 Å². The Bertz CT molecular complexity index is 206. The van der Waals surface area contributed by atoms with E-state index in [1.165, 1.54) is 6.92 Å². The molecule has 0 aromatic carbocycles. The topological polar surface area (TPSA) is 66.4 Å². The lowest BCUT2D eigenvalue weighted by atomic mass is 10.2. The Balaban J connectivity index is 3.81. The molecule has 6 heteroatoms. The van der Waals surface area contributed by atoms with Gasteiger partial charge in [-0.15, -0.1) is 0 Å². The number of hydrogen-bond acceptors (Lipinski definition) is 2. The lowest BCUT2D eigenvalue weighted by Gasteiger charge is -2.12. The summed E-state index contributed by atoms with van der Waals surface area (Å²) in [7, 11) is 0. The molecule has 0 unspecified atom stereocenters. The molecule has 0 fully saturated rings. The van der Waals surface area contributed by atoms with Gasteiger partial charge in [-0.05, 0) is 0 Å². The maximum Gasteiger partial charge on any atom is 0.324 e. The van der Waals surface area contributed by atoms with Crippen molar-refractivity contribution in [1.29, 1.82) is 0 Å². The molecule has 0 spiro atoms. The molecule has 0 saturated carbocycles. The minimum Gasteiger partial charge on any atom is -0.481 e. The molecular weight excluding hydrogens is 184 g/mol. The molecule has 1 amide bonds. The first kappa shape index (κ1) is 11.8.